The fourth-order valence-electron chi connectivity index (χ4n) is 4.21. The number of benzene rings is 2. The summed E-state index contributed by atoms with van der Waals surface area (Å²) in [6.45, 7) is 2.42. The monoisotopic (exact) mass is 294 g/mol. The van der Waals surface area contributed by atoms with Gasteiger partial charge in [-0.3, -0.25) is 0 Å². The zero-order chi connectivity index (χ0) is 14.4. The van der Waals surface area contributed by atoms with Crippen molar-refractivity contribution < 1.29 is 0 Å². The molecule has 0 nitrogen and oxygen atoms in total. The molecule has 2 aromatic carbocycles. The Morgan fingerprint density at radius 2 is 1.81 bits per heavy atom. The predicted octanol–water partition coefficient (Wildman–Crippen LogP) is 5.99. The average Bonchev–Trinajstić information content (AvgIpc) is 2.76. The van der Waals surface area contributed by atoms with Gasteiger partial charge in [-0.25, -0.2) is 0 Å². The maximum absolute atomic E-state index is 6.30. The molecule has 0 bridgehead atoms. The van der Waals surface area contributed by atoms with E-state index in [1.165, 1.54) is 47.9 Å². The minimum Gasteiger partial charge on any atom is -0.0843 e. The summed E-state index contributed by atoms with van der Waals surface area (Å²) in [5.41, 5.74) is 7.44. The van der Waals surface area contributed by atoms with E-state index in [1.807, 2.05) is 6.07 Å². The van der Waals surface area contributed by atoms with E-state index in [9.17, 15) is 0 Å². The van der Waals surface area contributed by atoms with Gasteiger partial charge < -0.3 is 0 Å². The summed E-state index contributed by atoms with van der Waals surface area (Å²) in [6.07, 6.45) is 5.10. The quantitative estimate of drug-likeness (QED) is 0.606. The zero-order valence-electron chi connectivity index (χ0n) is 12.3. The second kappa shape index (κ2) is 4.74. The Morgan fingerprint density at radius 3 is 2.62 bits per heavy atom. The van der Waals surface area contributed by atoms with E-state index in [4.69, 9.17) is 11.6 Å². The van der Waals surface area contributed by atoms with Crippen molar-refractivity contribution in [3.8, 4) is 0 Å². The average molecular weight is 295 g/mol. The molecular formula is C20H19Cl. The van der Waals surface area contributed by atoms with Crippen LogP contribution in [0.25, 0.3) is 5.57 Å². The first-order valence-corrected chi connectivity index (χ1v) is 8.17. The van der Waals surface area contributed by atoms with Crippen LogP contribution in [0.2, 0.25) is 5.02 Å². The van der Waals surface area contributed by atoms with Gasteiger partial charge in [-0.2, -0.15) is 0 Å². The molecule has 21 heavy (non-hydrogen) atoms. The molecule has 0 radical (unpaired) electrons. The Balaban J connectivity index is 2.02. The van der Waals surface area contributed by atoms with Crippen molar-refractivity contribution in [2.24, 2.45) is 0 Å². The van der Waals surface area contributed by atoms with Gasteiger partial charge in [-0.1, -0.05) is 66.9 Å². The Bertz CT molecular complexity index is 727. The van der Waals surface area contributed by atoms with E-state index < -0.39 is 0 Å². The lowest BCUT2D eigenvalue weighted by molar-refractivity contribution is 0.423. The summed E-state index contributed by atoms with van der Waals surface area (Å²) in [4.78, 5) is 0. The fourth-order valence-corrected chi connectivity index (χ4v) is 4.38. The lowest BCUT2D eigenvalue weighted by Crippen LogP contribution is -2.25. The van der Waals surface area contributed by atoms with Crippen LogP contribution in [0.15, 0.2) is 54.1 Å². The Morgan fingerprint density at radius 1 is 1.00 bits per heavy atom. The molecular weight excluding hydrogens is 276 g/mol. The molecule has 1 unspecified atom stereocenters. The summed E-state index contributed by atoms with van der Waals surface area (Å²) in [7, 11) is 0. The highest BCUT2D eigenvalue weighted by atomic mass is 35.5. The number of rotatable bonds is 1. The molecule has 106 valence electrons. The second-order valence-electron chi connectivity index (χ2n) is 6.45. The van der Waals surface area contributed by atoms with Gasteiger partial charge in [0, 0.05) is 10.4 Å². The molecule has 0 saturated heterocycles. The minimum absolute atomic E-state index is 0.212. The lowest BCUT2D eigenvalue weighted by Gasteiger charge is -2.34. The summed E-state index contributed by atoms with van der Waals surface area (Å²) in [5.74, 6) is 0. The van der Waals surface area contributed by atoms with Crippen LogP contribution in [0.3, 0.4) is 0 Å². The lowest BCUT2D eigenvalue weighted by atomic mass is 9.70. The van der Waals surface area contributed by atoms with Crippen LogP contribution in [0.1, 0.15) is 49.3 Å². The van der Waals surface area contributed by atoms with Crippen molar-refractivity contribution in [1.29, 1.82) is 0 Å². The van der Waals surface area contributed by atoms with Gasteiger partial charge in [-0.05, 0) is 53.7 Å². The van der Waals surface area contributed by atoms with Crippen LogP contribution >= 0.6 is 11.6 Å². The van der Waals surface area contributed by atoms with E-state index in [0.29, 0.717) is 0 Å². The van der Waals surface area contributed by atoms with Crippen molar-refractivity contribution in [1.82, 2.24) is 0 Å². The third-order valence-electron chi connectivity index (χ3n) is 5.23. The Labute approximate surface area is 131 Å². The summed E-state index contributed by atoms with van der Waals surface area (Å²) >= 11 is 6.30. The van der Waals surface area contributed by atoms with Gasteiger partial charge >= 0.3 is 0 Å². The first-order chi connectivity index (χ1) is 10.2. The predicted molar refractivity (Wildman–Crippen MR) is 89.7 cm³/mol. The number of hydrogen-bond acceptors (Lipinski definition) is 0. The summed E-state index contributed by atoms with van der Waals surface area (Å²) in [6, 6.07) is 17.3. The van der Waals surface area contributed by atoms with Crippen LogP contribution < -0.4 is 0 Å². The number of halogens is 1. The van der Waals surface area contributed by atoms with Gasteiger partial charge in [0.15, 0.2) is 0 Å². The number of allylic oxidation sites excluding steroid dienone is 1. The van der Waals surface area contributed by atoms with Crippen LogP contribution in [-0.4, -0.2) is 0 Å². The first-order valence-electron chi connectivity index (χ1n) is 7.79. The molecule has 4 rings (SSSR count). The standard InChI is InChI=1S/C20H19Cl/c1-20-12-6-5-9-18(20)19(14-7-3-2-4-8-14)16-13-15(21)10-11-17(16)20/h2-4,7-8,10-11,13H,5-6,9,12H2,1H3. The van der Waals surface area contributed by atoms with E-state index in [0.717, 1.165) is 5.02 Å². The molecule has 1 atom stereocenters. The van der Waals surface area contributed by atoms with Crippen molar-refractivity contribution in [3.63, 3.8) is 0 Å². The molecule has 0 heterocycles. The third-order valence-corrected chi connectivity index (χ3v) is 5.46. The Kier molecular flexibility index (Phi) is 2.97. The molecule has 1 saturated carbocycles. The normalized spacial score (nSPS) is 23.9. The van der Waals surface area contributed by atoms with Crippen LogP contribution in [0.5, 0.6) is 0 Å². The highest BCUT2D eigenvalue weighted by molar-refractivity contribution is 6.30. The van der Waals surface area contributed by atoms with Crippen LogP contribution in [0, 0.1) is 0 Å². The van der Waals surface area contributed by atoms with Crippen molar-refractivity contribution in [2.75, 3.05) is 0 Å². The minimum atomic E-state index is 0.212. The topological polar surface area (TPSA) is 0 Å². The number of fused-ring (bicyclic) bond motifs is 3. The molecule has 0 aromatic heterocycles. The van der Waals surface area contributed by atoms with Gasteiger partial charge in [0.1, 0.15) is 0 Å². The highest BCUT2D eigenvalue weighted by Crippen LogP contribution is 2.55. The molecule has 1 fully saturated rings. The highest BCUT2D eigenvalue weighted by Gasteiger charge is 2.42. The van der Waals surface area contributed by atoms with Crippen molar-refractivity contribution in [2.45, 2.75) is 38.0 Å². The van der Waals surface area contributed by atoms with E-state index in [-0.39, 0.29) is 5.41 Å². The van der Waals surface area contributed by atoms with Gasteiger partial charge in [0.2, 0.25) is 0 Å². The third kappa shape index (κ3) is 1.89. The van der Waals surface area contributed by atoms with Crippen molar-refractivity contribution in [3.05, 3.63) is 75.8 Å². The molecule has 0 amide bonds. The summed E-state index contributed by atoms with van der Waals surface area (Å²) in [5, 5.41) is 0.838. The Hall–Kier alpha value is -1.53. The van der Waals surface area contributed by atoms with Crippen LogP contribution in [-0.2, 0) is 5.41 Å². The van der Waals surface area contributed by atoms with E-state index in [1.54, 1.807) is 5.57 Å². The van der Waals surface area contributed by atoms with Gasteiger partial charge in [0.05, 0.1) is 0 Å². The SMILES string of the molecule is CC12CCCCC1=C(c1ccccc1)c1cc(Cl)ccc12. The maximum atomic E-state index is 6.30. The molecule has 0 aliphatic heterocycles. The zero-order valence-corrected chi connectivity index (χ0v) is 13.1. The van der Waals surface area contributed by atoms with Gasteiger partial charge in [0.25, 0.3) is 0 Å². The van der Waals surface area contributed by atoms with E-state index >= 15 is 0 Å². The molecule has 0 N–H and O–H groups in total. The summed E-state index contributed by atoms with van der Waals surface area (Å²) < 4.78 is 0. The fraction of sp³-hybridized carbons (Fsp3) is 0.300. The molecule has 2 aromatic rings. The molecule has 2 aliphatic carbocycles. The largest absolute Gasteiger partial charge is 0.0843 e. The number of hydrogen-bond donors (Lipinski definition) is 0. The first kappa shape index (κ1) is 13.2. The molecule has 2 aliphatic rings. The maximum Gasteiger partial charge on any atom is 0.0412 e. The smallest absolute Gasteiger partial charge is 0.0412 e. The molecule has 0 spiro atoms. The van der Waals surface area contributed by atoms with E-state index in [2.05, 4.69) is 49.4 Å². The van der Waals surface area contributed by atoms with Crippen LogP contribution in [0.4, 0.5) is 0 Å². The molecule has 1 heteroatoms. The second-order valence-corrected chi connectivity index (χ2v) is 6.89. The van der Waals surface area contributed by atoms with Gasteiger partial charge in [-0.15, -0.1) is 0 Å². The van der Waals surface area contributed by atoms with Crippen molar-refractivity contribution >= 4 is 17.2 Å².